The van der Waals surface area contributed by atoms with E-state index in [2.05, 4.69) is 5.32 Å². The molecule has 1 fully saturated rings. The van der Waals surface area contributed by atoms with Gasteiger partial charge in [0.25, 0.3) is 11.8 Å². The van der Waals surface area contributed by atoms with Gasteiger partial charge >= 0.3 is 0 Å². The number of nitrogens with zero attached hydrogens (tertiary/aromatic N) is 2. The van der Waals surface area contributed by atoms with Crippen LogP contribution in [0.5, 0.6) is 5.75 Å². The molecule has 2 aromatic carbocycles. The number of nitrogens with one attached hydrogen (secondary N) is 1. The number of anilines is 1. The Hall–Kier alpha value is -2.90. The van der Waals surface area contributed by atoms with Crippen LogP contribution >= 0.6 is 0 Å². The molecule has 182 valence electrons. The fraction of sp³-hybridized carbons (Fsp3) is 0.481. The average molecular weight is 466 g/mol. The lowest BCUT2D eigenvalue weighted by molar-refractivity contribution is -0.120. The van der Waals surface area contributed by atoms with Crippen LogP contribution in [-0.4, -0.2) is 62.7 Å². The molecule has 1 saturated heterocycles. The summed E-state index contributed by atoms with van der Waals surface area (Å²) in [5.41, 5.74) is 2.48. The third-order valence-electron chi connectivity index (χ3n) is 6.37. The smallest absolute Gasteiger partial charge is 0.264 e. The number of hydrogen-bond donors (Lipinski definition) is 1. The van der Waals surface area contributed by atoms with E-state index in [9.17, 15) is 9.59 Å². The largest absolute Gasteiger partial charge is 0.484 e. The number of carbonyl (C=O) groups is 2. The Morgan fingerprint density at radius 2 is 1.68 bits per heavy atom. The van der Waals surface area contributed by atoms with Gasteiger partial charge in [-0.15, -0.1) is 0 Å². The Morgan fingerprint density at radius 3 is 2.50 bits per heavy atom. The van der Waals surface area contributed by atoms with E-state index in [1.165, 1.54) is 12.8 Å². The van der Waals surface area contributed by atoms with Crippen LogP contribution < -0.4 is 15.0 Å². The minimum absolute atomic E-state index is 0.0162. The number of para-hydroxylation sites is 1. The molecule has 0 radical (unpaired) electrons. The summed E-state index contributed by atoms with van der Waals surface area (Å²) in [6, 6.07) is 15.1. The summed E-state index contributed by atoms with van der Waals surface area (Å²) in [7, 11) is 0. The Balaban J connectivity index is 1.57. The monoisotopic (exact) mass is 465 g/mol. The van der Waals surface area contributed by atoms with E-state index >= 15 is 0 Å². The van der Waals surface area contributed by atoms with Crippen LogP contribution in [0, 0.1) is 0 Å². The van der Waals surface area contributed by atoms with Gasteiger partial charge in [0.1, 0.15) is 5.75 Å². The lowest BCUT2D eigenvalue weighted by Crippen LogP contribution is -2.41. The van der Waals surface area contributed by atoms with E-state index in [1.54, 1.807) is 0 Å². The Kier molecular flexibility index (Phi) is 8.93. The van der Waals surface area contributed by atoms with E-state index in [1.807, 2.05) is 58.3 Å². The van der Waals surface area contributed by atoms with Crippen molar-refractivity contribution in [3.63, 3.8) is 0 Å². The van der Waals surface area contributed by atoms with Crippen molar-refractivity contribution < 1.29 is 19.1 Å². The van der Waals surface area contributed by atoms with Gasteiger partial charge in [0.2, 0.25) is 0 Å². The number of morpholine rings is 1. The number of carbonyl (C=O) groups excluding carboxylic acids is 2. The zero-order chi connectivity index (χ0) is 23.6. The molecule has 0 unspecified atom stereocenters. The minimum atomic E-state index is -0.0746. The maximum atomic E-state index is 13.3. The summed E-state index contributed by atoms with van der Waals surface area (Å²) >= 11 is 0. The quantitative estimate of drug-likeness (QED) is 0.747. The van der Waals surface area contributed by atoms with Gasteiger partial charge in [0.05, 0.1) is 13.2 Å². The molecule has 7 heteroatoms. The van der Waals surface area contributed by atoms with Crippen molar-refractivity contribution in [1.29, 1.82) is 0 Å². The topological polar surface area (TPSA) is 71.1 Å². The van der Waals surface area contributed by atoms with Crippen LogP contribution in [0.3, 0.4) is 0 Å². The summed E-state index contributed by atoms with van der Waals surface area (Å²) in [6.45, 7) is 4.51. The second-order valence-corrected chi connectivity index (χ2v) is 8.84. The molecule has 2 aliphatic heterocycles. The van der Waals surface area contributed by atoms with Crippen LogP contribution in [0.25, 0.3) is 0 Å². The maximum absolute atomic E-state index is 13.3. The van der Waals surface area contributed by atoms with Gasteiger partial charge in [0.15, 0.2) is 6.61 Å². The predicted octanol–water partition coefficient (Wildman–Crippen LogP) is 3.62. The highest BCUT2D eigenvalue weighted by Gasteiger charge is 2.23. The number of benzene rings is 2. The molecule has 0 aromatic heterocycles. The zero-order valence-corrected chi connectivity index (χ0v) is 19.8. The summed E-state index contributed by atoms with van der Waals surface area (Å²) in [5, 5.41) is 3.51. The van der Waals surface area contributed by atoms with E-state index < -0.39 is 0 Å². The molecular weight excluding hydrogens is 430 g/mol. The summed E-state index contributed by atoms with van der Waals surface area (Å²) < 4.78 is 11.2. The first-order valence-electron chi connectivity index (χ1n) is 12.4. The Labute approximate surface area is 202 Å². The van der Waals surface area contributed by atoms with Gasteiger partial charge in [-0.05, 0) is 55.3 Å². The number of hydrogen-bond acceptors (Lipinski definition) is 5. The second kappa shape index (κ2) is 12.5. The SMILES string of the molecule is O=C(c1ccc2c(c1)CNCCCCCCCN2C(=O)COc1ccccc1)N1CCOCC1. The molecule has 7 nitrogen and oxygen atoms in total. The van der Waals surface area contributed by atoms with Crippen molar-refractivity contribution >= 4 is 17.5 Å². The molecule has 0 atom stereocenters. The number of ether oxygens (including phenoxy) is 2. The molecule has 2 aromatic rings. The van der Waals surface area contributed by atoms with Crippen molar-refractivity contribution in [3.05, 3.63) is 59.7 Å². The molecule has 2 heterocycles. The van der Waals surface area contributed by atoms with E-state index in [-0.39, 0.29) is 18.4 Å². The first-order valence-corrected chi connectivity index (χ1v) is 12.4. The van der Waals surface area contributed by atoms with Crippen LogP contribution in [0.2, 0.25) is 0 Å². The van der Waals surface area contributed by atoms with Crippen molar-refractivity contribution in [2.45, 2.75) is 38.6 Å². The Morgan fingerprint density at radius 1 is 0.912 bits per heavy atom. The van der Waals surface area contributed by atoms with Crippen LogP contribution in [-0.2, 0) is 16.1 Å². The van der Waals surface area contributed by atoms with E-state index in [0.29, 0.717) is 50.7 Å². The first kappa shape index (κ1) is 24.2. The lowest BCUT2D eigenvalue weighted by atomic mass is 10.0. The Bertz CT molecular complexity index is 944. The van der Waals surface area contributed by atoms with Gasteiger partial charge in [-0.2, -0.15) is 0 Å². The molecular formula is C27H35N3O4. The first-order chi connectivity index (χ1) is 16.7. The number of rotatable bonds is 4. The highest BCUT2D eigenvalue weighted by Crippen LogP contribution is 2.25. The molecule has 2 aliphatic rings. The molecule has 0 saturated carbocycles. The molecule has 34 heavy (non-hydrogen) atoms. The molecule has 4 rings (SSSR count). The molecule has 0 bridgehead atoms. The minimum Gasteiger partial charge on any atom is -0.484 e. The van der Waals surface area contributed by atoms with E-state index in [0.717, 1.165) is 37.1 Å². The van der Waals surface area contributed by atoms with Gasteiger partial charge in [-0.3, -0.25) is 9.59 Å². The van der Waals surface area contributed by atoms with Gasteiger partial charge < -0.3 is 24.6 Å². The highest BCUT2D eigenvalue weighted by atomic mass is 16.5. The summed E-state index contributed by atoms with van der Waals surface area (Å²) in [5.74, 6) is 0.621. The normalized spacial score (nSPS) is 17.8. The third kappa shape index (κ3) is 6.58. The summed E-state index contributed by atoms with van der Waals surface area (Å²) in [6.07, 6.45) is 5.52. The fourth-order valence-corrected chi connectivity index (χ4v) is 4.46. The second-order valence-electron chi connectivity index (χ2n) is 8.84. The third-order valence-corrected chi connectivity index (χ3v) is 6.37. The van der Waals surface area contributed by atoms with Crippen molar-refractivity contribution in [1.82, 2.24) is 10.2 Å². The number of fused-ring (bicyclic) bond motifs is 1. The lowest BCUT2D eigenvalue weighted by Gasteiger charge is -2.29. The van der Waals surface area contributed by atoms with E-state index in [4.69, 9.17) is 9.47 Å². The molecule has 1 N–H and O–H groups in total. The fourth-order valence-electron chi connectivity index (χ4n) is 4.46. The van der Waals surface area contributed by atoms with Crippen LogP contribution in [0.4, 0.5) is 5.69 Å². The van der Waals surface area contributed by atoms with Crippen LogP contribution in [0.1, 0.15) is 48.0 Å². The predicted molar refractivity (Wildman–Crippen MR) is 132 cm³/mol. The average Bonchev–Trinajstić information content (AvgIpc) is 2.88. The standard InChI is InChI=1S/C27H35N3O4/c31-26(21-34-24-9-5-4-6-10-24)30-14-8-3-1-2-7-13-28-20-23-19-22(11-12-25(23)30)27(32)29-15-17-33-18-16-29/h4-6,9-12,19,28H,1-3,7-8,13-18,20-21H2. The molecule has 0 spiro atoms. The van der Waals surface area contributed by atoms with Crippen molar-refractivity contribution in [2.75, 3.05) is 50.9 Å². The molecule has 2 amide bonds. The van der Waals surface area contributed by atoms with Gasteiger partial charge in [-0.25, -0.2) is 0 Å². The van der Waals surface area contributed by atoms with Gasteiger partial charge in [-0.1, -0.05) is 37.5 Å². The number of amides is 2. The van der Waals surface area contributed by atoms with Crippen LogP contribution in [0.15, 0.2) is 48.5 Å². The molecule has 0 aliphatic carbocycles. The zero-order valence-electron chi connectivity index (χ0n) is 19.8. The maximum Gasteiger partial charge on any atom is 0.264 e. The van der Waals surface area contributed by atoms with Crippen molar-refractivity contribution in [3.8, 4) is 5.75 Å². The highest BCUT2D eigenvalue weighted by molar-refractivity contribution is 5.98. The summed E-state index contributed by atoms with van der Waals surface area (Å²) in [4.78, 5) is 30.1. The van der Waals surface area contributed by atoms with Gasteiger partial charge in [0, 0.05) is 37.4 Å². The van der Waals surface area contributed by atoms with Crippen molar-refractivity contribution in [2.24, 2.45) is 0 Å².